The van der Waals surface area contributed by atoms with Gasteiger partial charge >= 0.3 is 0 Å². The zero-order chi connectivity index (χ0) is 13.0. The van der Waals surface area contributed by atoms with E-state index >= 15 is 0 Å². The highest BCUT2D eigenvalue weighted by Crippen LogP contribution is 2.24. The maximum atomic E-state index is 13.6. The number of hydrogen-bond acceptors (Lipinski definition) is 0. The minimum atomic E-state index is -0.928. The van der Waals surface area contributed by atoms with Gasteiger partial charge in [0.15, 0.2) is 11.6 Å². The van der Waals surface area contributed by atoms with Crippen LogP contribution in [-0.4, -0.2) is 0 Å². The second kappa shape index (κ2) is 5.76. The molecule has 1 radical (unpaired) electrons. The van der Waals surface area contributed by atoms with Crippen LogP contribution in [0, 0.1) is 17.7 Å². The lowest BCUT2D eigenvalue weighted by Crippen LogP contribution is -1.90. The SMILES string of the molecule is CCCCc1ccc(-c2cc[c]c(F)c2F)cc1. The van der Waals surface area contributed by atoms with Crippen LogP contribution in [0.2, 0.25) is 0 Å². The molecule has 0 saturated heterocycles. The van der Waals surface area contributed by atoms with Crippen molar-refractivity contribution in [1.29, 1.82) is 0 Å². The molecule has 0 aromatic heterocycles. The van der Waals surface area contributed by atoms with Gasteiger partial charge < -0.3 is 0 Å². The van der Waals surface area contributed by atoms with Crippen molar-refractivity contribution in [2.75, 3.05) is 0 Å². The Morgan fingerprint density at radius 2 is 1.78 bits per heavy atom. The van der Waals surface area contributed by atoms with E-state index in [0.717, 1.165) is 19.3 Å². The van der Waals surface area contributed by atoms with Crippen LogP contribution in [0.4, 0.5) is 8.78 Å². The fourth-order valence-electron chi connectivity index (χ4n) is 1.91. The molecule has 0 nitrogen and oxygen atoms in total. The standard InChI is InChI=1S/C16H15F2/c1-2-3-5-12-8-10-13(11-9-12)14-6-4-7-15(17)16(14)18/h4,6,8-11H,2-3,5H2,1H3. The molecule has 2 aromatic carbocycles. The molecule has 0 N–H and O–H groups in total. The minimum absolute atomic E-state index is 0.285. The Hall–Kier alpha value is -1.70. The van der Waals surface area contributed by atoms with Crippen LogP contribution in [-0.2, 0) is 6.42 Å². The largest absolute Gasteiger partial charge is 0.203 e. The summed E-state index contributed by atoms with van der Waals surface area (Å²) in [5.41, 5.74) is 2.21. The summed E-state index contributed by atoms with van der Waals surface area (Å²) in [4.78, 5) is 0. The van der Waals surface area contributed by atoms with E-state index in [1.165, 1.54) is 11.6 Å². The van der Waals surface area contributed by atoms with Crippen LogP contribution in [0.25, 0.3) is 11.1 Å². The zero-order valence-corrected chi connectivity index (χ0v) is 10.3. The van der Waals surface area contributed by atoms with Crippen molar-refractivity contribution in [3.05, 3.63) is 59.7 Å². The quantitative estimate of drug-likeness (QED) is 0.727. The van der Waals surface area contributed by atoms with E-state index in [9.17, 15) is 8.78 Å². The van der Waals surface area contributed by atoms with Crippen LogP contribution < -0.4 is 0 Å². The molecule has 2 rings (SSSR count). The monoisotopic (exact) mass is 245 g/mol. The van der Waals surface area contributed by atoms with Gasteiger partial charge in [-0.15, -0.1) is 0 Å². The summed E-state index contributed by atoms with van der Waals surface area (Å²) in [6.07, 6.45) is 3.31. The third-order valence-electron chi connectivity index (χ3n) is 2.97. The number of benzene rings is 2. The van der Waals surface area contributed by atoms with Gasteiger partial charge in [-0.3, -0.25) is 0 Å². The molecule has 0 aliphatic heterocycles. The Morgan fingerprint density at radius 3 is 2.44 bits per heavy atom. The van der Waals surface area contributed by atoms with Crippen LogP contribution in [0.5, 0.6) is 0 Å². The summed E-state index contributed by atoms with van der Waals surface area (Å²) in [5.74, 6) is -1.76. The van der Waals surface area contributed by atoms with E-state index in [4.69, 9.17) is 0 Å². The van der Waals surface area contributed by atoms with Crippen LogP contribution >= 0.6 is 0 Å². The first-order valence-corrected chi connectivity index (χ1v) is 6.17. The Balaban J connectivity index is 2.26. The lowest BCUT2D eigenvalue weighted by Gasteiger charge is -2.05. The Labute approximate surface area is 106 Å². The van der Waals surface area contributed by atoms with Gasteiger partial charge in [0.2, 0.25) is 0 Å². The molecule has 0 unspecified atom stereocenters. The van der Waals surface area contributed by atoms with Crippen LogP contribution in [0.1, 0.15) is 25.3 Å². The Kier molecular flexibility index (Phi) is 4.08. The topological polar surface area (TPSA) is 0 Å². The fraction of sp³-hybridized carbons (Fsp3) is 0.250. The zero-order valence-electron chi connectivity index (χ0n) is 10.3. The van der Waals surface area contributed by atoms with E-state index in [1.54, 1.807) is 6.07 Å². The van der Waals surface area contributed by atoms with Crippen LogP contribution in [0.3, 0.4) is 0 Å². The Morgan fingerprint density at radius 1 is 1.06 bits per heavy atom. The van der Waals surface area contributed by atoms with Gasteiger partial charge in [0.25, 0.3) is 0 Å². The van der Waals surface area contributed by atoms with Gasteiger partial charge in [-0.2, -0.15) is 0 Å². The average Bonchev–Trinajstić information content (AvgIpc) is 2.40. The number of hydrogen-bond donors (Lipinski definition) is 0. The molecule has 93 valence electrons. The smallest absolute Gasteiger partial charge is 0.167 e. The summed E-state index contributed by atoms with van der Waals surface area (Å²) < 4.78 is 26.7. The molecule has 0 saturated carbocycles. The molecule has 0 aliphatic rings. The summed E-state index contributed by atoms with van der Waals surface area (Å²) in [7, 11) is 0. The molecule has 2 heteroatoms. The average molecular weight is 245 g/mol. The van der Waals surface area contributed by atoms with Gasteiger partial charge in [-0.05, 0) is 24.0 Å². The predicted octanol–water partition coefficient (Wildman–Crippen LogP) is 4.77. The third kappa shape index (κ3) is 2.76. The van der Waals surface area contributed by atoms with Gasteiger partial charge in [0, 0.05) is 11.6 Å². The summed E-state index contributed by atoms with van der Waals surface area (Å²) in [6, 6.07) is 12.8. The second-order valence-corrected chi connectivity index (χ2v) is 4.32. The first-order valence-electron chi connectivity index (χ1n) is 6.17. The fourth-order valence-corrected chi connectivity index (χ4v) is 1.91. The van der Waals surface area contributed by atoms with Gasteiger partial charge in [0.05, 0.1) is 0 Å². The first-order chi connectivity index (χ1) is 8.72. The molecule has 0 heterocycles. The Bertz CT molecular complexity index is 515. The number of unbranched alkanes of at least 4 members (excludes halogenated alkanes) is 1. The number of halogens is 2. The van der Waals surface area contributed by atoms with Gasteiger partial charge in [0.1, 0.15) is 0 Å². The maximum Gasteiger partial charge on any atom is 0.167 e. The summed E-state index contributed by atoms with van der Waals surface area (Å²) >= 11 is 0. The maximum absolute atomic E-state index is 13.6. The summed E-state index contributed by atoms with van der Waals surface area (Å²) in [6.45, 7) is 2.15. The van der Waals surface area contributed by atoms with Crippen molar-refractivity contribution in [3.8, 4) is 11.1 Å². The normalized spacial score (nSPS) is 10.6. The molecular weight excluding hydrogens is 230 g/mol. The van der Waals surface area contributed by atoms with E-state index in [-0.39, 0.29) is 5.56 Å². The lowest BCUT2D eigenvalue weighted by atomic mass is 10.0. The molecule has 0 bridgehead atoms. The van der Waals surface area contributed by atoms with Crippen molar-refractivity contribution in [1.82, 2.24) is 0 Å². The van der Waals surface area contributed by atoms with Crippen molar-refractivity contribution >= 4 is 0 Å². The van der Waals surface area contributed by atoms with Crippen molar-refractivity contribution in [2.24, 2.45) is 0 Å². The molecule has 18 heavy (non-hydrogen) atoms. The molecule has 0 atom stereocenters. The molecule has 0 aliphatic carbocycles. The molecule has 0 fully saturated rings. The molecule has 0 spiro atoms. The van der Waals surface area contributed by atoms with E-state index in [0.29, 0.717) is 5.56 Å². The van der Waals surface area contributed by atoms with Gasteiger partial charge in [-0.25, -0.2) is 8.78 Å². The molecule has 0 amide bonds. The van der Waals surface area contributed by atoms with E-state index < -0.39 is 11.6 Å². The van der Waals surface area contributed by atoms with Crippen molar-refractivity contribution in [2.45, 2.75) is 26.2 Å². The van der Waals surface area contributed by atoms with Crippen molar-refractivity contribution in [3.63, 3.8) is 0 Å². The van der Waals surface area contributed by atoms with E-state index in [2.05, 4.69) is 13.0 Å². The predicted molar refractivity (Wildman–Crippen MR) is 69.2 cm³/mol. The second-order valence-electron chi connectivity index (χ2n) is 4.32. The number of aryl methyl sites for hydroxylation is 1. The molecule has 2 aromatic rings. The highest BCUT2D eigenvalue weighted by atomic mass is 19.2. The van der Waals surface area contributed by atoms with Crippen molar-refractivity contribution < 1.29 is 8.78 Å². The highest BCUT2D eigenvalue weighted by Gasteiger charge is 2.09. The van der Waals surface area contributed by atoms with Gasteiger partial charge in [-0.1, -0.05) is 49.7 Å². The lowest BCUT2D eigenvalue weighted by molar-refractivity contribution is 0.509. The van der Waals surface area contributed by atoms with Crippen LogP contribution in [0.15, 0.2) is 36.4 Å². The third-order valence-corrected chi connectivity index (χ3v) is 2.97. The highest BCUT2D eigenvalue weighted by molar-refractivity contribution is 5.64. The first kappa shape index (κ1) is 12.7. The number of rotatable bonds is 4. The minimum Gasteiger partial charge on any atom is -0.203 e. The van der Waals surface area contributed by atoms with E-state index in [1.807, 2.05) is 24.3 Å². The molecular formula is C16H15F2. The summed E-state index contributed by atoms with van der Waals surface area (Å²) in [5, 5.41) is 0.